The highest BCUT2D eigenvalue weighted by Gasteiger charge is 2.13. The van der Waals surface area contributed by atoms with Crippen molar-refractivity contribution in [3.63, 3.8) is 0 Å². The van der Waals surface area contributed by atoms with E-state index in [-0.39, 0.29) is 6.04 Å². The van der Waals surface area contributed by atoms with Crippen LogP contribution in [0.4, 0.5) is 0 Å². The lowest BCUT2D eigenvalue weighted by atomic mass is 9.95. The number of aromatic nitrogens is 1. The van der Waals surface area contributed by atoms with Gasteiger partial charge in [-0.2, -0.15) is 0 Å². The highest BCUT2D eigenvalue weighted by molar-refractivity contribution is 5.25. The van der Waals surface area contributed by atoms with Crippen molar-refractivity contribution in [1.29, 1.82) is 0 Å². The largest absolute Gasteiger partial charge is 0.323 e. The smallest absolute Gasteiger partial charge is 0.0600 e. The summed E-state index contributed by atoms with van der Waals surface area (Å²) in [5.41, 5.74) is 9.63. The maximum Gasteiger partial charge on any atom is 0.0600 e. The van der Waals surface area contributed by atoms with Gasteiger partial charge in [-0.15, -0.1) is 0 Å². The summed E-state index contributed by atoms with van der Waals surface area (Å²) in [6.07, 6.45) is 4.10. The van der Waals surface area contributed by atoms with Gasteiger partial charge < -0.3 is 5.73 Å². The van der Waals surface area contributed by atoms with Crippen LogP contribution in [0.5, 0.6) is 0 Å². The predicted molar refractivity (Wildman–Crippen MR) is 64.7 cm³/mol. The monoisotopic (exact) mass is 206 g/mol. The van der Waals surface area contributed by atoms with E-state index in [0.29, 0.717) is 5.92 Å². The van der Waals surface area contributed by atoms with Crippen molar-refractivity contribution in [2.75, 3.05) is 0 Å². The summed E-state index contributed by atoms with van der Waals surface area (Å²) in [5.74, 6) is 0.669. The van der Waals surface area contributed by atoms with Crippen molar-refractivity contribution >= 4 is 0 Å². The van der Waals surface area contributed by atoms with Crippen LogP contribution in [-0.2, 0) is 0 Å². The number of nitrogens with two attached hydrogens (primary N) is 1. The second kappa shape index (κ2) is 5.26. The van der Waals surface area contributed by atoms with Crippen LogP contribution in [0.25, 0.3) is 0 Å². The van der Waals surface area contributed by atoms with Crippen LogP contribution in [0, 0.1) is 19.8 Å². The molecule has 0 spiro atoms. The van der Waals surface area contributed by atoms with E-state index in [1.165, 1.54) is 17.5 Å². The molecule has 0 radical (unpaired) electrons. The van der Waals surface area contributed by atoms with E-state index in [2.05, 4.69) is 38.7 Å². The Morgan fingerprint density at radius 3 is 2.60 bits per heavy atom. The minimum absolute atomic E-state index is 0.0838. The molecule has 0 fully saturated rings. The summed E-state index contributed by atoms with van der Waals surface area (Å²) in [6.45, 7) is 8.59. The standard InChI is InChI=1S/C13H22N2/c1-5-9(2)7-12(14)13-11(4)6-10(3)8-15-13/h6,8-9,12H,5,7,14H2,1-4H3. The van der Waals surface area contributed by atoms with Gasteiger partial charge in [0.15, 0.2) is 0 Å². The Hall–Kier alpha value is -0.890. The molecule has 0 aromatic carbocycles. The second-order valence-corrected chi connectivity index (χ2v) is 4.57. The third-order valence-electron chi connectivity index (χ3n) is 2.96. The van der Waals surface area contributed by atoms with Crippen molar-refractivity contribution in [3.05, 3.63) is 29.1 Å². The zero-order valence-corrected chi connectivity index (χ0v) is 10.2. The first-order valence-corrected chi connectivity index (χ1v) is 5.73. The van der Waals surface area contributed by atoms with E-state index in [1.807, 2.05) is 6.20 Å². The number of hydrogen-bond acceptors (Lipinski definition) is 2. The number of rotatable bonds is 4. The molecule has 2 unspecified atom stereocenters. The van der Waals surface area contributed by atoms with Gasteiger partial charge in [0.25, 0.3) is 0 Å². The summed E-state index contributed by atoms with van der Waals surface area (Å²) in [6, 6.07) is 2.24. The number of aryl methyl sites for hydroxylation is 2. The Kier molecular flexibility index (Phi) is 4.28. The van der Waals surface area contributed by atoms with E-state index >= 15 is 0 Å². The van der Waals surface area contributed by atoms with Gasteiger partial charge in [0, 0.05) is 12.2 Å². The maximum atomic E-state index is 6.16. The molecule has 1 aromatic rings. The highest BCUT2D eigenvalue weighted by Crippen LogP contribution is 2.21. The molecular formula is C13H22N2. The van der Waals surface area contributed by atoms with E-state index in [0.717, 1.165) is 12.1 Å². The summed E-state index contributed by atoms with van der Waals surface area (Å²) in [5, 5.41) is 0. The fourth-order valence-corrected chi connectivity index (χ4v) is 1.83. The van der Waals surface area contributed by atoms with Crippen molar-refractivity contribution in [1.82, 2.24) is 4.98 Å². The van der Waals surface area contributed by atoms with Crippen LogP contribution in [0.15, 0.2) is 12.3 Å². The Morgan fingerprint density at radius 2 is 2.07 bits per heavy atom. The molecule has 0 aliphatic carbocycles. The van der Waals surface area contributed by atoms with E-state index in [4.69, 9.17) is 5.73 Å². The fourth-order valence-electron chi connectivity index (χ4n) is 1.83. The van der Waals surface area contributed by atoms with Crippen LogP contribution in [0.2, 0.25) is 0 Å². The van der Waals surface area contributed by atoms with Crippen molar-refractivity contribution in [3.8, 4) is 0 Å². The number of hydrogen-bond donors (Lipinski definition) is 1. The average molecular weight is 206 g/mol. The van der Waals surface area contributed by atoms with Gasteiger partial charge >= 0.3 is 0 Å². The summed E-state index contributed by atoms with van der Waals surface area (Å²) < 4.78 is 0. The highest BCUT2D eigenvalue weighted by atomic mass is 14.8. The van der Waals surface area contributed by atoms with Crippen LogP contribution in [0.3, 0.4) is 0 Å². The van der Waals surface area contributed by atoms with E-state index < -0.39 is 0 Å². The molecule has 84 valence electrons. The zero-order chi connectivity index (χ0) is 11.4. The quantitative estimate of drug-likeness (QED) is 0.822. The van der Waals surface area contributed by atoms with Crippen molar-refractivity contribution < 1.29 is 0 Å². The van der Waals surface area contributed by atoms with E-state index in [1.54, 1.807) is 0 Å². The van der Waals surface area contributed by atoms with Gasteiger partial charge in [-0.1, -0.05) is 26.3 Å². The van der Waals surface area contributed by atoms with Crippen LogP contribution < -0.4 is 5.73 Å². The minimum atomic E-state index is 0.0838. The van der Waals surface area contributed by atoms with Gasteiger partial charge in [-0.25, -0.2) is 0 Å². The molecule has 0 aliphatic heterocycles. The van der Waals surface area contributed by atoms with Gasteiger partial charge in [0.2, 0.25) is 0 Å². The molecule has 1 aromatic heterocycles. The molecule has 0 bridgehead atoms. The molecule has 0 saturated carbocycles. The van der Waals surface area contributed by atoms with Gasteiger partial charge in [-0.3, -0.25) is 4.98 Å². The second-order valence-electron chi connectivity index (χ2n) is 4.57. The third-order valence-corrected chi connectivity index (χ3v) is 2.96. The SMILES string of the molecule is CCC(C)CC(N)c1ncc(C)cc1C. The molecule has 0 amide bonds. The van der Waals surface area contributed by atoms with Gasteiger partial charge in [-0.05, 0) is 37.3 Å². The normalized spacial score (nSPS) is 15.0. The molecule has 2 atom stereocenters. The zero-order valence-electron chi connectivity index (χ0n) is 10.2. The molecule has 15 heavy (non-hydrogen) atoms. The lowest BCUT2D eigenvalue weighted by Gasteiger charge is -2.17. The van der Waals surface area contributed by atoms with Crippen LogP contribution in [0.1, 0.15) is 49.6 Å². The average Bonchev–Trinajstić information content (AvgIpc) is 2.17. The van der Waals surface area contributed by atoms with Gasteiger partial charge in [0.05, 0.1) is 5.69 Å². The van der Waals surface area contributed by atoms with Crippen LogP contribution >= 0.6 is 0 Å². The fraction of sp³-hybridized carbons (Fsp3) is 0.615. The summed E-state index contributed by atoms with van der Waals surface area (Å²) in [4.78, 5) is 4.44. The molecule has 2 nitrogen and oxygen atoms in total. The topological polar surface area (TPSA) is 38.9 Å². The molecule has 1 rings (SSSR count). The Morgan fingerprint density at radius 1 is 1.40 bits per heavy atom. The molecule has 0 aliphatic rings. The molecule has 1 heterocycles. The maximum absolute atomic E-state index is 6.16. The first-order chi connectivity index (χ1) is 7.04. The Labute approximate surface area is 92.9 Å². The Balaban J connectivity index is 2.77. The van der Waals surface area contributed by atoms with E-state index in [9.17, 15) is 0 Å². The lowest BCUT2D eigenvalue weighted by Crippen LogP contribution is -2.16. The number of nitrogens with zero attached hydrogens (tertiary/aromatic N) is 1. The van der Waals surface area contributed by atoms with Crippen molar-refractivity contribution in [2.24, 2.45) is 11.7 Å². The minimum Gasteiger partial charge on any atom is -0.323 e. The first kappa shape index (κ1) is 12.2. The summed E-state index contributed by atoms with van der Waals surface area (Å²) >= 11 is 0. The Bertz CT molecular complexity index is 320. The summed E-state index contributed by atoms with van der Waals surface area (Å²) in [7, 11) is 0. The lowest BCUT2D eigenvalue weighted by molar-refractivity contribution is 0.455. The third kappa shape index (κ3) is 3.31. The molecular weight excluding hydrogens is 184 g/mol. The molecule has 2 heteroatoms. The van der Waals surface area contributed by atoms with Crippen molar-refractivity contribution in [2.45, 2.75) is 46.6 Å². The molecule has 2 N–H and O–H groups in total. The first-order valence-electron chi connectivity index (χ1n) is 5.73. The van der Waals surface area contributed by atoms with Crippen LogP contribution in [-0.4, -0.2) is 4.98 Å². The number of pyridine rings is 1. The van der Waals surface area contributed by atoms with Gasteiger partial charge in [0.1, 0.15) is 0 Å². The predicted octanol–water partition coefficient (Wildman–Crippen LogP) is 3.13. The molecule has 0 saturated heterocycles.